The summed E-state index contributed by atoms with van der Waals surface area (Å²) in [6.07, 6.45) is 0. The zero-order valence-corrected chi connectivity index (χ0v) is 20.1. The van der Waals surface area contributed by atoms with E-state index in [-0.39, 0.29) is 16.5 Å². The highest BCUT2D eigenvalue weighted by Crippen LogP contribution is 2.32. The van der Waals surface area contributed by atoms with Crippen LogP contribution in [0, 0.1) is 17.0 Å². The molecule has 0 bridgehead atoms. The van der Waals surface area contributed by atoms with Crippen molar-refractivity contribution in [3.8, 4) is 0 Å². The van der Waals surface area contributed by atoms with E-state index in [4.69, 9.17) is 11.6 Å². The first-order valence-corrected chi connectivity index (χ1v) is 12.1. The zero-order valence-electron chi connectivity index (χ0n) is 18.5. The smallest absolute Gasteiger partial charge is 0.292 e. The number of piperazine rings is 1. The van der Waals surface area contributed by atoms with Crippen molar-refractivity contribution in [1.82, 2.24) is 14.7 Å². The minimum Gasteiger partial charge on any atom is -0.362 e. The number of benzene rings is 2. The van der Waals surface area contributed by atoms with E-state index in [1.165, 1.54) is 17.4 Å². The van der Waals surface area contributed by atoms with E-state index in [0.717, 1.165) is 21.5 Å². The second kappa shape index (κ2) is 9.08. The van der Waals surface area contributed by atoms with Gasteiger partial charge in [-0.2, -0.15) is 5.10 Å². The lowest BCUT2D eigenvalue weighted by molar-refractivity contribution is -0.384. The number of amides is 1. The third-order valence-electron chi connectivity index (χ3n) is 6.08. The lowest BCUT2D eigenvalue weighted by Crippen LogP contribution is -2.48. The summed E-state index contributed by atoms with van der Waals surface area (Å²) >= 11 is 7.77. The fourth-order valence-electron chi connectivity index (χ4n) is 4.31. The fourth-order valence-corrected chi connectivity index (χ4v) is 5.63. The van der Waals surface area contributed by atoms with E-state index in [1.54, 1.807) is 18.2 Å². The molecule has 0 unspecified atom stereocenters. The first-order chi connectivity index (χ1) is 16.4. The number of anilines is 1. The number of hydrogen-bond donors (Lipinski definition) is 0. The molecule has 2 aromatic heterocycles. The molecule has 174 valence electrons. The Morgan fingerprint density at radius 3 is 2.56 bits per heavy atom. The molecule has 0 radical (unpaired) electrons. The minimum absolute atomic E-state index is 0.0212. The van der Waals surface area contributed by atoms with Gasteiger partial charge in [0.15, 0.2) is 0 Å². The van der Waals surface area contributed by atoms with Crippen molar-refractivity contribution >= 4 is 50.4 Å². The Balaban J connectivity index is 1.33. The van der Waals surface area contributed by atoms with E-state index in [2.05, 4.69) is 5.10 Å². The van der Waals surface area contributed by atoms with Gasteiger partial charge in [0, 0.05) is 42.7 Å². The molecule has 1 aliphatic rings. The van der Waals surface area contributed by atoms with Crippen LogP contribution in [0.3, 0.4) is 0 Å². The first kappa shape index (κ1) is 22.4. The highest BCUT2D eigenvalue weighted by Gasteiger charge is 2.27. The van der Waals surface area contributed by atoms with Crippen LogP contribution in [0.25, 0.3) is 10.2 Å². The quantitative estimate of drug-likeness (QED) is 0.288. The molecule has 0 atom stereocenters. The van der Waals surface area contributed by atoms with Gasteiger partial charge in [0.05, 0.1) is 22.0 Å². The number of carbonyl (C=O) groups is 1. The lowest BCUT2D eigenvalue weighted by Gasteiger charge is -2.35. The number of para-hydroxylation sites is 2. The van der Waals surface area contributed by atoms with Gasteiger partial charge in [0.2, 0.25) is 0 Å². The van der Waals surface area contributed by atoms with Gasteiger partial charge in [-0.25, -0.2) is 0 Å². The predicted molar refractivity (Wildman–Crippen MR) is 134 cm³/mol. The van der Waals surface area contributed by atoms with E-state index in [1.807, 2.05) is 51.7 Å². The number of aromatic nitrogens is 2. The Bertz CT molecular complexity index is 1390. The zero-order chi connectivity index (χ0) is 23.8. The van der Waals surface area contributed by atoms with E-state index < -0.39 is 0 Å². The summed E-state index contributed by atoms with van der Waals surface area (Å²) in [4.78, 5) is 29.7. The molecule has 0 spiro atoms. The molecule has 1 fully saturated rings. The molecule has 3 heterocycles. The molecule has 8 nitrogen and oxygen atoms in total. The molecule has 0 aliphatic carbocycles. The Hall–Kier alpha value is -3.43. The van der Waals surface area contributed by atoms with Gasteiger partial charge < -0.3 is 9.80 Å². The fraction of sp³-hybridized carbons (Fsp3) is 0.250. The number of carbonyl (C=O) groups excluding carboxylic acids is 1. The SMILES string of the molecule is Cc1nn(Cc2ccccc2Cl)c2sc(C(=O)N3CCN(c4ccccc4[N+](=O)[O-])CC3)cc12. The van der Waals surface area contributed by atoms with Crippen LogP contribution in [-0.2, 0) is 6.54 Å². The van der Waals surface area contributed by atoms with Crippen molar-refractivity contribution in [1.29, 1.82) is 0 Å². The molecule has 10 heteroatoms. The Labute approximate surface area is 205 Å². The molecule has 4 aromatic rings. The molecule has 1 amide bonds. The van der Waals surface area contributed by atoms with Crippen molar-refractivity contribution in [2.24, 2.45) is 0 Å². The first-order valence-electron chi connectivity index (χ1n) is 10.9. The van der Waals surface area contributed by atoms with Gasteiger partial charge in [-0.3, -0.25) is 19.6 Å². The Morgan fingerprint density at radius 2 is 1.82 bits per heavy atom. The number of hydrogen-bond acceptors (Lipinski definition) is 6. The summed E-state index contributed by atoms with van der Waals surface area (Å²) < 4.78 is 1.90. The molecular weight excluding hydrogens is 474 g/mol. The van der Waals surface area contributed by atoms with Crippen LogP contribution in [0.2, 0.25) is 5.02 Å². The summed E-state index contributed by atoms with van der Waals surface area (Å²) in [5.74, 6) is -0.0212. The monoisotopic (exact) mass is 495 g/mol. The average Bonchev–Trinajstić information content (AvgIpc) is 3.41. The van der Waals surface area contributed by atoms with Gasteiger partial charge >= 0.3 is 0 Å². The summed E-state index contributed by atoms with van der Waals surface area (Å²) in [7, 11) is 0. The van der Waals surface area contributed by atoms with Crippen LogP contribution in [0.5, 0.6) is 0 Å². The van der Waals surface area contributed by atoms with E-state index in [9.17, 15) is 14.9 Å². The summed E-state index contributed by atoms with van der Waals surface area (Å²) in [6, 6.07) is 16.3. The van der Waals surface area contributed by atoms with Crippen molar-refractivity contribution in [3.05, 3.63) is 85.9 Å². The van der Waals surface area contributed by atoms with E-state index >= 15 is 0 Å². The van der Waals surface area contributed by atoms with Gasteiger partial charge in [-0.15, -0.1) is 11.3 Å². The van der Waals surface area contributed by atoms with Gasteiger partial charge in [0.25, 0.3) is 11.6 Å². The highest BCUT2D eigenvalue weighted by atomic mass is 35.5. The van der Waals surface area contributed by atoms with Crippen molar-refractivity contribution < 1.29 is 9.72 Å². The van der Waals surface area contributed by atoms with Crippen molar-refractivity contribution in [2.75, 3.05) is 31.1 Å². The number of fused-ring (bicyclic) bond motifs is 1. The second-order valence-electron chi connectivity index (χ2n) is 8.19. The number of nitrogens with zero attached hydrogens (tertiary/aromatic N) is 5. The molecule has 1 aliphatic heterocycles. The number of thiophene rings is 1. The third kappa shape index (κ3) is 4.12. The van der Waals surface area contributed by atoms with Gasteiger partial charge in [-0.1, -0.05) is 41.9 Å². The van der Waals surface area contributed by atoms with Crippen molar-refractivity contribution in [2.45, 2.75) is 13.5 Å². The van der Waals surface area contributed by atoms with Gasteiger partial charge in [0.1, 0.15) is 10.5 Å². The van der Waals surface area contributed by atoms with Crippen LogP contribution in [-0.4, -0.2) is 51.7 Å². The summed E-state index contributed by atoms with van der Waals surface area (Å²) in [6.45, 7) is 4.57. The number of aryl methyl sites for hydroxylation is 1. The van der Waals surface area contributed by atoms with Crippen LogP contribution >= 0.6 is 22.9 Å². The highest BCUT2D eigenvalue weighted by molar-refractivity contribution is 7.20. The number of nitro groups is 1. The molecule has 0 saturated carbocycles. The van der Waals surface area contributed by atoms with E-state index in [0.29, 0.717) is 48.3 Å². The standard InChI is InChI=1S/C24H22ClN5O3S/c1-16-18-14-22(34-24(18)29(26-16)15-17-6-2-3-7-19(17)25)23(31)28-12-10-27(11-13-28)20-8-4-5-9-21(20)30(32)33/h2-9,14H,10-13,15H2,1H3. The normalized spacial score (nSPS) is 14.1. The average molecular weight is 496 g/mol. The van der Waals surface area contributed by atoms with Crippen LogP contribution < -0.4 is 4.90 Å². The molecule has 0 N–H and O–H groups in total. The predicted octanol–water partition coefficient (Wildman–Crippen LogP) is 4.98. The Kier molecular flexibility index (Phi) is 5.97. The number of nitro benzene ring substituents is 1. The van der Waals surface area contributed by atoms with Crippen LogP contribution in [0.15, 0.2) is 54.6 Å². The summed E-state index contributed by atoms with van der Waals surface area (Å²) in [5.41, 5.74) is 2.53. The maximum Gasteiger partial charge on any atom is 0.292 e. The molecule has 34 heavy (non-hydrogen) atoms. The minimum atomic E-state index is -0.363. The second-order valence-corrected chi connectivity index (χ2v) is 9.63. The maximum atomic E-state index is 13.3. The topological polar surface area (TPSA) is 84.5 Å². The molecular formula is C24H22ClN5O3S. The third-order valence-corrected chi connectivity index (χ3v) is 7.59. The van der Waals surface area contributed by atoms with Crippen LogP contribution in [0.1, 0.15) is 20.9 Å². The van der Waals surface area contributed by atoms with Crippen LogP contribution in [0.4, 0.5) is 11.4 Å². The molecule has 2 aromatic carbocycles. The molecule has 5 rings (SSSR count). The molecule has 1 saturated heterocycles. The number of rotatable bonds is 5. The maximum absolute atomic E-state index is 13.3. The lowest BCUT2D eigenvalue weighted by atomic mass is 10.2. The van der Waals surface area contributed by atoms with Crippen molar-refractivity contribution in [3.63, 3.8) is 0 Å². The Morgan fingerprint density at radius 1 is 1.12 bits per heavy atom. The van der Waals surface area contributed by atoms with Gasteiger partial charge in [-0.05, 0) is 30.7 Å². The number of halogens is 1. The largest absolute Gasteiger partial charge is 0.362 e. The summed E-state index contributed by atoms with van der Waals surface area (Å²) in [5, 5.41) is 17.7.